The lowest BCUT2D eigenvalue weighted by atomic mass is 10.2. The minimum atomic E-state index is -3.20. The van der Waals surface area contributed by atoms with Gasteiger partial charge in [-0.1, -0.05) is 36.3 Å². The zero-order valence-corrected chi connectivity index (χ0v) is 10.6. The standard InChI is InChI=1S/C10H14ClN2O2S/c1-16(14,15)13-7-6-12-8-9-4-2-3-5-10(9)11/h2-5,12H,6-8H2,1H3/q-1/p+1. The van der Waals surface area contributed by atoms with Gasteiger partial charge in [0.1, 0.15) is 6.54 Å². The predicted octanol–water partition coefficient (Wildman–Crippen LogP) is 0.737. The molecule has 0 amide bonds. The van der Waals surface area contributed by atoms with Crippen molar-refractivity contribution in [3.8, 4) is 0 Å². The van der Waals surface area contributed by atoms with Crippen molar-refractivity contribution in [1.82, 2.24) is 0 Å². The van der Waals surface area contributed by atoms with E-state index < -0.39 is 10.0 Å². The molecule has 90 valence electrons. The summed E-state index contributed by atoms with van der Waals surface area (Å²) >= 11 is 5.97. The van der Waals surface area contributed by atoms with Crippen molar-refractivity contribution in [3.05, 3.63) is 39.6 Å². The van der Waals surface area contributed by atoms with Crippen LogP contribution in [0.1, 0.15) is 5.56 Å². The van der Waals surface area contributed by atoms with Crippen molar-refractivity contribution in [2.45, 2.75) is 6.54 Å². The highest BCUT2D eigenvalue weighted by Gasteiger charge is 1.99. The topological polar surface area (TPSA) is 64.8 Å². The Morgan fingerprint density at radius 3 is 2.69 bits per heavy atom. The lowest BCUT2D eigenvalue weighted by Crippen LogP contribution is -2.83. The summed E-state index contributed by atoms with van der Waals surface area (Å²) in [6.45, 7) is 1.68. The van der Waals surface area contributed by atoms with Gasteiger partial charge in [0.15, 0.2) is 0 Å². The molecule has 0 bridgehead atoms. The third-order valence-corrected chi connectivity index (χ3v) is 3.00. The molecule has 0 spiro atoms. The number of benzene rings is 1. The van der Waals surface area contributed by atoms with Crippen LogP contribution < -0.4 is 5.32 Å². The molecule has 0 saturated heterocycles. The molecular weight excluding hydrogens is 248 g/mol. The zero-order valence-electron chi connectivity index (χ0n) is 9.06. The number of halogens is 1. The fraction of sp³-hybridized carbons (Fsp3) is 0.400. The van der Waals surface area contributed by atoms with E-state index in [4.69, 9.17) is 11.6 Å². The lowest BCUT2D eigenvalue weighted by Gasteiger charge is -2.14. The molecule has 0 heterocycles. The van der Waals surface area contributed by atoms with Crippen molar-refractivity contribution in [3.63, 3.8) is 0 Å². The first-order valence-corrected chi connectivity index (χ1v) is 7.15. The SMILES string of the molecule is CS(=O)(=O)[N-]CC[NH2+]Cc1ccccc1Cl. The first-order chi connectivity index (χ1) is 7.49. The van der Waals surface area contributed by atoms with Gasteiger partial charge in [-0.15, -0.1) is 0 Å². The quantitative estimate of drug-likeness (QED) is 0.769. The molecule has 0 aliphatic carbocycles. The van der Waals surface area contributed by atoms with E-state index in [2.05, 4.69) is 4.72 Å². The molecule has 16 heavy (non-hydrogen) atoms. The van der Waals surface area contributed by atoms with Gasteiger partial charge in [-0.3, -0.25) is 0 Å². The van der Waals surface area contributed by atoms with Crippen molar-refractivity contribution in [2.75, 3.05) is 19.3 Å². The second-order valence-corrected chi connectivity index (χ2v) is 5.59. The number of hydrogen-bond donors (Lipinski definition) is 1. The Hall–Kier alpha value is -0.620. The number of nitrogens with zero attached hydrogens (tertiary/aromatic N) is 1. The normalized spacial score (nSPS) is 11.6. The van der Waals surface area contributed by atoms with E-state index in [1.54, 1.807) is 0 Å². The predicted molar refractivity (Wildman–Crippen MR) is 65.0 cm³/mol. The van der Waals surface area contributed by atoms with Crippen LogP contribution >= 0.6 is 11.6 Å². The average molecular weight is 263 g/mol. The number of quaternary nitrogens is 1. The molecule has 4 nitrogen and oxygen atoms in total. The number of rotatable bonds is 6. The maximum Gasteiger partial charge on any atom is 0.103 e. The summed E-state index contributed by atoms with van der Waals surface area (Å²) in [6, 6.07) is 7.60. The molecule has 1 rings (SSSR count). The number of hydrogen-bond acceptors (Lipinski definition) is 2. The lowest BCUT2D eigenvalue weighted by molar-refractivity contribution is -0.667. The minimum absolute atomic E-state index is 0.309. The summed E-state index contributed by atoms with van der Waals surface area (Å²) in [5.41, 5.74) is 1.04. The fourth-order valence-corrected chi connectivity index (χ4v) is 1.88. The summed E-state index contributed by atoms with van der Waals surface area (Å²) in [6.07, 6.45) is 1.10. The van der Waals surface area contributed by atoms with Gasteiger partial charge < -0.3 is 10.0 Å². The van der Waals surface area contributed by atoms with Gasteiger partial charge >= 0.3 is 0 Å². The van der Waals surface area contributed by atoms with Gasteiger partial charge in [0, 0.05) is 16.8 Å². The van der Waals surface area contributed by atoms with Crippen molar-refractivity contribution < 1.29 is 13.7 Å². The van der Waals surface area contributed by atoms with Crippen LogP contribution in [0.2, 0.25) is 5.02 Å². The highest BCUT2D eigenvalue weighted by atomic mass is 35.5. The van der Waals surface area contributed by atoms with E-state index in [-0.39, 0.29) is 0 Å². The Bertz CT molecular complexity index is 434. The van der Waals surface area contributed by atoms with Crippen LogP contribution in [0, 0.1) is 0 Å². The second kappa shape index (κ2) is 6.20. The van der Waals surface area contributed by atoms with Gasteiger partial charge in [-0.05, 0) is 6.07 Å². The largest absolute Gasteiger partial charge is 0.545 e. The first kappa shape index (κ1) is 13.4. The molecule has 0 aliphatic heterocycles. The van der Waals surface area contributed by atoms with E-state index in [1.807, 2.05) is 29.6 Å². The second-order valence-electron chi connectivity index (χ2n) is 3.46. The summed E-state index contributed by atoms with van der Waals surface area (Å²) in [4.78, 5) is 0. The Balaban J connectivity index is 2.24. The molecule has 0 aliphatic rings. The molecule has 2 N–H and O–H groups in total. The molecule has 0 atom stereocenters. The maximum atomic E-state index is 10.7. The molecular formula is C10H15ClN2O2S. The minimum Gasteiger partial charge on any atom is -0.545 e. The van der Waals surface area contributed by atoms with Gasteiger partial charge in [0.05, 0.1) is 16.6 Å². The van der Waals surface area contributed by atoms with Crippen molar-refractivity contribution in [1.29, 1.82) is 0 Å². The van der Waals surface area contributed by atoms with Crippen LogP contribution in [0.5, 0.6) is 0 Å². The molecule has 0 unspecified atom stereocenters. The van der Waals surface area contributed by atoms with Gasteiger partial charge in [0.2, 0.25) is 0 Å². The molecule has 0 radical (unpaired) electrons. The van der Waals surface area contributed by atoms with E-state index in [0.29, 0.717) is 13.1 Å². The number of nitrogens with two attached hydrogens (primary N) is 1. The van der Waals surface area contributed by atoms with Crippen molar-refractivity contribution in [2.24, 2.45) is 0 Å². The third kappa shape index (κ3) is 5.46. The fourth-order valence-electron chi connectivity index (χ4n) is 1.23. The van der Waals surface area contributed by atoms with Crippen LogP contribution in [-0.2, 0) is 16.6 Å². The average Bonchev–Trinajstić information content (AvgIpc) is 2.18. The third-order valence-electron chi connectivity index (χ3n) is 1.98. The highest BCUT2D eigenvalue weighted by molar-refractivity contribution is 7.93. The highest BCUT2D eigenvalue weighted by Crippen LogP contribution is 2.12. The van der Waals surface area contributed by atoms with Crippen LogP contribution in [0.3, 0.4) is 0 Å². The summed E-state index contributed by atoms with van der Waals surface area (Å²) in [7, 11) is -3.20. The summed E-state index contributed by atoms with van der Waals surface area (Å²) in [5.74, 6) is 0. The van der Waals surface area contributed by atoms with E-state index in [0.717, 1.165) is 23.4 Å². The number of sulfonamides is 1. The van der Waals surface area contributed by atoms with Gasteiger partial charge in [0.25, 0.3) is 0 Å². The molecule has 0 saturated carbocycles. The molecule has 1 aromatic rings. The van der Waals surface area contributed by atoms with Gasteiger partial charge in [-0.25, -0.2) is 8.42 Å². The Morgan fingerprint density at radius 2 is 2.06 bits per heavy atom. The Labute approximate surface area is 101 Å². The van der Waals surface area contributed by atoms with E-state index in [9.17, 15) is 8.42 Å². The first-order valence-electron chi connectivity index (χ1n) is 4.93. The summed E-state index contributed by atoms with van der Waals surface area (Å²) < 4.78 is 25.0. The van der Waals surface area contributed by atoms with Crippen LogP contribution in [-0.4, -0.2) is 27.8 Å². The van der Waals surface area contributed by atoms with Crippen LogP contribution in [0.4, 0.5) is 0 Å². The van der Waals surface area contributed by atoms with Crippen molar-refractivity contribution >= 4 is 21.6 Å². The van der Waals surface area contributed by atoms with Gasteiger partial charge in [-0.2, -0.15) is 0 Å². The van der Waals surface area contributed by atoms with Crippen LogP contribution in [0.25, 0.3) is 4.72 Å². The zero-order chi connectivity index (χ0) is 12.0. The molecule has 6 heteroatoms. The molecule has 0 fully saturated rings. The molecule has 0 aromatic heterocycles. The van der Waals surface area contributed by atoms with E-state index >= 15 is 0 Å². The van der Waals surface area contributed by atoms with E-state index in [1.165, 1.54) is 0 Å². The smallest absolute Gasteiger partial charge is 0.103 e. The maximum absolute atomic E-state index is 10.7. The Kier molecular flexibility index (Phi) is 5.21. The monoisotopic (exact) mass is 262 g/mol. The Morgan fingerprint density at radius 1 is 1.38 bits per heavy atom. The molecule has 1 aromatic carbocycles. The summed E-state index contributed by atoms with van der Waals surface area (Å²) in [5, 5.41) is 2.72. The van der Waals surface area contributed by atoms with Crippen LogP contribution in [0.15, 0.2) is 24.3 Å².